The highest BCUT2D eigenvalue weighted by molar-refractivity contribution is 7.29. The molecule has 1 aliphatic rings. The maximum absolute atomic E-state index is 12.5. The summed E-state index contributed by atoms with van der Waals surface area (Å²) in [7, 11) is 0. The Labute approximate surface area is 191 Å². The van der Waals surface area contributed by atoms with E-state index in [1.807, 2.05) is 49.4 Å². The van der Waals surface area contributed by atoms with E-state index < -0.39 is 23.6 Å². The highest BCUT2D eigenvalue weighted by atomic mass is 32.1. The molecule has 0 radical (unpaired) electrons. The number of carbonyl (C=O) groups is 2. The van der Waals surface area contributed by atoms with Crippen molar-refractivity contribution >= 4 is 49.8 Å². The number of carbonyl (C=O) groups excluding carboxylic acids is 1. The first-order valence-corrected chi connectivity index (χ1v) is 11.8. The monoisotopic (exact) mass is 468 g/mol. The quantitative estimate of drug-likeness (QED) is 0.342. The summed E-state index contributed by atoms with van der Waals surface area (Å²) in [5.74, 6) is -0.298. The molecule has 1 unspecified atom stereocenters. The van der Waals surface area contributed by atoms with Crippen LogP contribution in [0.25, 0.3) is 20.0 Å². The number of nitrogens with one attached hydrogen (secondary N) is 1. The molecule has 1 saturated carbocycles. The Morgan fingerprint density at radius 1 is 1.19 bits per heavy atom. The Morgan fingerprint density at radius 2 is 1.91 bits per heavy atom. The summed E-state index contributed by atoms with van der Waals surface area (Å²) in [6.45, 7) is 3.56. The van der Waals surface area contributed by atoms with Crippen LogP contribution in [0.3, 0.4) is 0 Å². The summed E-state index contributed by atoms with van der Waals surface area (Å²) in [6, 6.07) is 13.4. The molecular formula is C23H20N2O5S2. The number of ether oxygens (including phenoxy) is 1. The van der Waals surface area contributed by atoms with Gasteiger partial charge in [0.15, 0.2) is 0 Å². The van der Waals surface area contributed by atoms with E-state index in [4.69, 9.17) is 9.26 Å². The fourth-order valence-corrected chi connectivity index (χ4v) is 6.26. The summed E-state index contributed by atoms with van der Waals surface area (Å²) in [6.07, 6.45) is 0.366. The summed E-state index contributed by atoms with van der Waals surface area (Å²) in [5.41, 5.74) is 1.20. The standard InChI is InChI=1S/C23H20N2O5S2/c1-12-19(24-22(28)29-13(2)14-6-4-3-5-7-14)20(30-25-12)17-10-15-16(31-17)11-18(32-15)23(8-9-23)21(26)27/h3-7,10-11,13H,8-9H2,1-2H3,(H,24,28)(H,26,27). The summed E-state index contributed by atoms with van der Waals surface area (Å²) in [5, 5.41) is 16.3. The molecule has 1 aliphatic carbocycles. The molecule has 1 atom stereocenters. The molecule has 5 rings (SSSR count). The van der Waals surface area contributed by atoms with Crippen LogP contribution in [0.5, 0.6) is 0 Å². The number of aliphatic carboxylic acids is 1. The van der Waals surface area contributed by atoms with Crippen molar-refractivity contribution in [2.75, 3.05) is 5.32 Å². The maximum Gasteiger partial charge on any atom is 0.412 e. The molecule has 1 aromatic carbocycles. The van der Waals surface area contributed by atoms with Crippen molar-refractivity contribution in [1.29, 1.82) is 0 Å². The van der Waals surface area contributed by atoms with Gasteiger partial charge in [-0.15, -0.1) is 22.7 Å². The minimum absolute atomic E-state index is 0.408. The predicted octanol–water partition coefficient (Wildman–Crippen LogP) is 6.35. The lowest BCUT2D eigenvalue weighted by atomic mass is 10.1. The third-order valence-electron chi connectivity index (χ3n) is 5.70. The molecule has 0 spiro atoms. The third kappa shape index (κ3) is 3.57. The molecule has 3 heterocycles. The molecule has 9 heteroatoms. The average molecular weight is 469 g/mol. The fourth-order valence-electron chi connectivity index (χ4n) is 3.64. The topological polar surface area (TPSA) is 102 Å². The Hall–Kier alpha value is -3.17. The van der Waals surface area contributed by atoms with E-state index in [0.717, 1.165) is 24.7 Å². The largest absolute Gasteiger partial charge is 0.481 e. The molecule has 32 heavy (non-hydrogen) atoms. The van der Waals surface area contributed by atoms with Gasteiger partial charge >= 0.3 is 12.1 Å². The molecule has 0 bridgehead atoms. The van der Waals surface area contributed by atoms with E-state index in [1.54, 1.807) is 6.92 Å². The Balaban J connectivity index is 1.36. The van der Waals surface area contributed by atoms with Gasteiger partial charge in [-0.1, -0.05) is 35.5 Å². The van der Waals surface area contributed by atoms with Crippen LogP contribution in [0.15, 0.2) is 47.0 Å². The highest BCUT2D eigenvalue weighted by Crippen LogP contribution is 2.53. The zero-order chi connectivity index (χ0) is 22.5. The van der Waals surface area contributed by atoms with Gasteiger partial charge in [0.25, 0.3) is 0 Å². The minimum atomic E-state index is -0.757. The molecule has 2 N–H and O–H groups in total. The average Bonchev–Trinajstić information content (AvgIpc) is 3.18. The second kappa shape index (κ2) is 7.75. The first-order valence-electron chi connectivity index (χ1n) is 10.1. The van der Waals surface area contributed by atoms with Crippen LogP contribution in [0, 0.1) is 6.92 Å². The molecular weight excluding hydrogens is 448 g/mol. The summed E-state index contributed by atoms with van der Waals surface area (Å²) < 4.78 is 13.0. The Morgan fingerprint density at radius 3 is 2.56 bits per heavy atom. The zero-order valence-corrected chi connectivity index (χ0v) is 19.0. The van der Waals surface area contributed by atoms with E-state index in [1.165, 1.54) is 22.7 Å². The van der Waals surface area contributed by atoms with Crippen LogP contribution < -0.4 is 5.32 Å². The first-order chi connectivity index (χ1) is 15.4. The maximum atomic E-state index is 12.5. The van der Waals surface area contributed by atoms with Gasteiger partial charge in [0.05, 0.1) is 4.88 Å². The lowest BCUT2D eigenvalue weighted by molar-refractivity contribution is -0.139. The van der Waals surface area contributed by atoms with Gasteiger partial charge in [-0.3, -0.25) is 10.1 Å². The number of carboxylic acids is 1. The zero-order valence-electron chi connectivity index (χ0n) is 17.4. The van der Waals surface area contributed by atoms with E-state index in [9.17, 15) is 14.7 Å². The fraction of sp³-hybridized carbons (Fsp3) is 0.261. The number of hydrogen-bond acceptors (Lipinski definition) is 7. The van der Waals surface area contributed by atoms with Gasteiger partial charge in [-0.05, 0) is 44.4 Å². The number of fused-ring (bicyclic) bond motifs is 1. The second-order valence-electron chi connectivity index (χ2n) is 7.89. The molecule has 7 nitrogen and oxygen atoms in total. The Bertz CT molecular complexity index is 1290. The van der Waals surface area contributed by atoms with Gasteiger partial charge in [-0.25, -0.2) is 4.79 Å². The smallest absolute Gasteiger partial charge is 0.412 e. The van der Waals surface area contributed by atoms with Crippen LogP contribution in [0.2, 0.25) is 0 Å². The lowest BCUT2D eigenvalue weighted by Crippen LogP contribution is -2.17. The summed E-state index contributed by atoms with van der Waals surface area (Å²) in [4.78, 5) is 25.8. The van der Waals surface area contributed by atoms with Crippen LogP contribution in [0.4, 0.5) is 10.5 Å². The lowest BCUT2D eigenvalue weighted by Gasteiger charge is -2.14. The van der Waals surface area contributed by atoms with Crippen molar-refractivity contribution in [3.63, 3.8) is 0 Å². The number of anilines is 1. The van der Waals surface area contributed by atoms with Crippen molar-refractivity contribution in [2.45, 2.75) is 38.2 Å². The molecule has 0 aliphatic heterocycles. The van der Waals surface area contributed by atoms with Crippen LogP contribution in [-0.4, -0.2) is 22.3 Å². The van der Waals surface area contributed by atoms with Gasteiger partial charge in [0.1, 0.15) is 22.9 Å². The molecule has 1 fully saturated rings. The summed E-state index contributed by atoms with van der Waals surface area (Å²) >= 11 is 2.98. The number of thiophene rings is 2. The normalized spacial score (nSPS) is 15.4. The predicted molar refractivity (Wildman–Crippen MR) is 123 cm³/mol. The number of aryl methyl sites for hydroxylation is 1. The second-order valence-corrected chi connectivity index (χ2v) is 10.1. The van der Waals surface area contributed by atoms with Crippen molar-refractivity contribution in [3.05, 3.63) is 58.6 Å². The highest BCUT2D eigenvalue weighted by Gasteiger charge is 2.53. The first kappa shape index (κ1) is 20.7. The van der Waals surface area contributed by atoms with Crippen molar-refractivity contribution in [1.82, 2.24) is 5.16 Å². The number of rotatable bonds is 6. The number of amides is 1. The molecule has 1 amide bonds. The van der Waals surface area contributed by atoms with Gasteiger partial charge in [0, 0.05) is 14.3 Å². The van der Waals surface area contributed by atoms with Crippen molar-refractivity contribution in [2.24, 2.45) is 0 Å². The third-order valence-corrected chi connectivity index (χ3v) is 8.20. The van der Waals surface area contributed by atoms with Crippen LogP contribution in [-0.2, 0) is 14.9 Å². The van der Waals surface area contributed by atoms with E-state index in [0.29, 0.717) is 30.0 Å². The van der Waals surface area contributed by atoms with Crippen LogP contribution >= 0.6 is 22.7 Å². The van der Waals surface area contributed by atoms with Crippen LogP contribution in [0.1, 0.15) is 42.0 Å². The van der Waals surface area contributed by atoms with Gasteiger partial charge in [0.2, 0.25) is 5.76 Å². The van der Waals surface area contributed by atoms with E-state index in [2.05, 4.69) is 10.5 Å². The number of carboxylic acid groups (broad SMARTS) is 1. The van der Waals surface area contributed by atoms with E-state index in [-0.39, 0.29) is 0 Å². The van der Waals surface area contributed by atoms with Gasteiger partial charge < -0.3 is 14.4 Å². The minimum Gasteiger partial charge on any atom is -0.481 e. The molecule has 164 valence electrons. The van der Waals surface area contributed by atoms with Crippen molar-refractivity contribution in [3.8, 4) is 10.6 Å². The van der Waals surface area contributed by atoms with E-state index >= 15 is 0 Å². The SMILES string of the molecule is Cc1noc(-c2cc3sc(C4(C(=O)O)CC4)cc3s2)c1NC(=O)OC(C)c1ccccc1. The number of benzene rings is 1. The van der Waals surface area contributed by atoms with Gasteiger partial charge in [-0.2, -0.15) is 0 Å². The van der Waals surface area contributed by atoms with Crippen molar-refractivity contribution < 1.29 is 24.0 Å². The molecule has 0 saturated heterocycles. The molecule has 3 aromatic heterocycles. The number of hydrogen-bond donors (Lipinski definition) is 2. The Kier molecular flexibility index (Phi) is 5.02. The number of nitrogens with zero attached hydrogens (tertiary/aromatic N) is 1. The molecule has 4 aromatic rings. The number of aromatic nitrogens is 1.